The van der Waals surface area contributed by atoms with Gasteiger partial charge in [0, 0.05) is 37.4 Å². The molecule has 2 aromatic rings. The van der Waals surface area contributed by atoms with Gasteiger partial charge in [-0.2, -0.15) is 4.68 Å². The Bertz CT molecular complexity index is 722. The minimum atomic E-state index is 0.417. The molecule has 2 saturated heterocycles. The predicted molar refractivity (Wildman–Crippen MR) is 96.0 cm³/mol. The van der Waals surface area contributed by atoms with Crippen LogP contribution in [0.25, 0.3) is 5.82 Å². The van der Waals surface area contributed by atoms with Gasteiger partial charge in [-0.3, -0.25) is 4.90 Å². The Hall–Kier alpha value is -1.79. The SMILES string of the molecule is Cc1cccc(-n2nc(C)nc2[C@@H]2CCCN(C3CCOCC3)C2)n1. The number of pyridine rings is 1. The Balaban J connectivity index is 1.59. The van der Waals surface area contributed by atoms with Gasteiger partial charge < -0.3 is 4.74 Å². The van der Waals surface area contributed by atoms with Gasteiger partial charge in [0.2, 0.25) is 0 Å². The fourth-order valence-corrected chi connectivity index (χ4v) is 4.11. The number of aromatic nitrogens is 4. The van der Waals surface area contributed by atoms with Gasteiger partial charge in [0.1, 0.15) is 11.6 Å². The lowest BCUT2D eigenvalue weighted by Gasteiger charge is -2.39. The molecule has 0 saturated carbocycles. The van der Waals surface area contributed by atoms with Gasteiger partial charge >= 0.3 is 0 Å². The van der Waals surface area contributed by atoms with E-state index in [4.69, 9.17) is 9.72 Å². The third-order valence-electron chi connectivity index (χ3n) is 5.35. The highest BCUT2D eigenvalue weighted by Gasteiger charge is 2.31. The molecule has 25 heavy (non-hydrogen) atoms. The standard InChI is InChI=1S/C19H27N5O/c1-14-5-3-7-18(20-14)24-19(21-15(2)22-24)16-6-4-10-23(13-16)17-8-11-25-12-9-17/h3,5,7,16-17H,4,6,8-13H2,1-2H3/t16-/m1/s1. The fourth-order valence-electron chi connectivity index (χ4n) is 4.11. The molecule has 0 unspecified atom stereocenters. The van der Waals surface area contributed by atoms with Crippen molar-refractivity contribution in [3.05, 3.63) is 35.5 Å². The average molecular weight is 341 g/mol. The summed E-state index contributed by atoms with van der Waals surface area (Å²) in [6.07, 6.45) is 4.69. The van der Waals surface area contributed by atoms with Crippen LogP contribution in [0.4, 0.5) is 0 Å². The first-order valence-corrected chi connectivity index (χ1v) is 9.40. The number of likely N-dealkylation sites (tertiary alicyclic amines) is 1. The molecule has 0 radical (unpaired) electrons. The number of aryl methyl sites for hydroxylation is 2. The molecule has 0 amide bonds. The molecule has 0 aliphatic carbocycles. The summed E-state index contributed by atoms with van der Waals surface area (Å²) in [5.41, 5.74) is 1.00. The van der Waals surface area contributed by atoms with Crippen molar-refractivity contribution in [3.63, 3.8) is 0 Å². The Labute approximate surface area is 149 Å². The summed E-state index contributed by atoms with van der Waals surface area (Å²) in [4.78, 5) is 12.1. The summed E-state index contributed by atoms with van der Waals surface area (Å²) in [5.74, 6) is 3.17. The fraction of sp³-hybridized carbons (Fsp3) is 0.632. The topological polar surface area (TPSA) is 56.1 Å². The van der Waals surface area contributed by atoms with Crippen LogP contribution in [-0.4, -0.2) is 57.0 Å². The Morgan fingerprint density at radius 2 is 1.92 bits per heavy atom. The number of nitrogens with zero attached hydrogens (tertiary/aromatic N) is 5. The summed E-state index contributed by atoms with van der Waals surface area (Å²) >= 11 is 0. The zero-order valence-electron chi connectivity index (χ0n) is 15.2. The van der Waals surface area contributed by atoms with Crippen molar-refractivity contribution in [2.45, 2.75) is 51.5 Å². The third kappa shape index (κ3) is 3.60. The highest BCUT2D eigenvalue weighted by Crippen LogP contribution is 2.30. The second-order valence-electron chi connectivity index (χ2n) is 7.24. The molecule has 1 atom stereocenters. The van der Waals surface area contributed by atoms with Crippen molar-refractivity contribution in [1.29, 1.82) is 0 Å². The molecule has 2 aliphatic rings. The zero-order chi connectivity index (χ0) is 17.2. The quantitative estimate of drug-likeness (QED) is 0.859. The molecule has 6 nitrogen and oxygen atoms in total. The van der Waals surface area contributed by atoms with E-state index in [0.717, 1.165) is 55.8 Å². The van der Waals surface area contributed by atoms with E-state index < -0.39 is 0 Å². The molecule has 2 aliphatic heterocycles. The lowest BCUT2D eigenvalue weighted by molar-refractivity contribution is 0.0234. The van der Waals surface area contributed by atoms with Gasteiger partial charge in [0.25, 0.3) is 0 Å². The van der Waals surface area contributed by atoms with Gasteiger partial charge in [-0.1, -0.05) is 6.07 Å². The second-order valence-corrected chi connectivity index (χ2v) is 7.24. The van der Waals surface area contributed by atoms with Crippen LogP contribution in [0, 0.1) is 13.8 Å². The maximum atomic E-state index is 5.53. The molecule has 2 aromatic heterocycles. The number of hydrogen-bond donors (Lipinski definition) is 0. The van der Waals surface area contributed by atoms with E-state index in [2.05, 4.69) is 15.0 Å². The molecule has 134 valence electrons. The van der Waals surface area contributed by atoms with E-state index in [1.807, 2.05) is 36.7 Å². The number of ether oxygens (including phenoxy) is 1. The molecule has 6 heteroatoms. The van der Waals surface area contributed by atoms with Crippen molar-refractivity contribution in [2.75, 3.05) is 26.3 Å². The van der Waals surface area contributed by atoms with Crippen LogP contribution in [0.15, 0.2) is 18.2 Å². The summed E-state index contributed by atoms with van der Waals surface area (Å²) < 4.78 is 7.49. The van der Waals surface area contributed by atoms with Crippen LogP contribution in [0.1, 0.15) is 48.9 Å². The highest BCUT2D eigenvalue weighted by molar-refractivity contribution is 5.26. The van der Waals surface area contributed by atoms with Crippen molar-refractivity contribution >= 4 is 0 Å². The van der Waals surface area contributed by atoms with Crippen molar-refractivity contribution < 1.29 is 4.74 Å². The van der Waals surface area contributed by atoms with Crippen LogP contribution in [0.5, 0.6) is 0 Å². The smallest absolute Gasteiger partial charge is 0.155 e. The van der Waals surface area contributed by atoms with Gasteiger partial charge in [-0.15, -0.1) is 5.10 Å². The number of piperidine rings is 1. The highest BCUT2D eigenvalue weighted by atomic mass is 16.5. The molecule has 4 rings (SSSR count). The average Bonchev–Trinajstić information content (AvgIpc) is 3.04. The third-order valence-corrected chi connectivity index (χ3v) is 5.35. The lowest BCUT2D eigenvalue weighted by atomic mass is 9.94. The lowest BCUT2D eigenvalue weighted by Crippen LogP contribution is -2.45. The molecule has 4 heterocycles. The van der Waals surface area contributed by atoms with E-state index in [1.54, 1.807) is 0 Å². The Morgan fingerprint density at radius 1 is 1.08 bits per heavy atom. The van der Waals surface area contributed by atoms with Gasteiger partial charge in [-0.05, 0) is 58.2 Å². The molecule has 0 bridgehead atoms. The molecule has 2 fully saturated rings. The van der Waals surface area contributed by atoms with Crippen LogP contribution in [0.3, 0.4) is 0 Å². The van der Waals surface area contributed by atoms with Gasteiger partial charge in [0.15, 0.2) is 5.82 Å². The molecule has 0 N–H and O–H groups in total. The van der Waals surface area contributed by atoms with Crippen molar-refractivity contribution in [2.24, 2.45) is 0 Å². The predicted octanol–water partition coefficient (Wildman–Crippen LogP) is 2.64. The molecular weight excluding hydrogens is 314 g/mol. The summed E-state index contributed by atoms with van der Waals surface area (Å²) in [6.45, 7) is 8.03. The first-order valence-electron chi connectivity index (χ1n) is 9.40. The first-order chi connectivity index (χ1) is 12.2. The summed E-state index contributed by atoms with van der Waals surface area (Å²) in [7, 11) is 0. The van der Waals surface area contributed by atoms with E-state index in [0.29, 0.717) is 12.0 Å². The van der Waals surface area contributed by atoms with Crippen LogP contribution in [0.2, 0.25) is 0 Å². The minimum absolute atomic E-state index is 0.417. The molecule has 0 aromatic carbocycles. The van der Waals surface area contributed by atoms with Crippen molar-refractivity contribution in [1.82, 2.24) is 24.6 Å². The zero-order valence-corrected chi connectivity index (χ0v) is 15.2. The Kier molecular flexibility index (Phi) is 4.81. The largest absolute Gasteiger partial charge is 0.381 e. The monoisotopic (exact) mass is 341 g/mol. The first kappa shape index (κ1) is 16.7. The summed E-state index contributed by atoms with van der Waals surface area (Å²) in [6, 6.07) is 6.73. The van der Waals surface area contributed by atoms with E-state index in [-0.39, 0.29) is 0 Å². The van der Waals surface area contributed by atoms with Crippen molar-refractivity contribution in [3.8, 4) is 5.82 Å². The van der Waals surface area contributed by atoms with E-state index in [1.165, 1.54) is 19.4 Å². The second kappa shape index (κ2) is 7.22. The van der Waals surface area contributed by atoms with E-state index in [9.17, 15) is 0 Å². The van der Waals surface area contributed by atoms with Crippen LogP contribution >= 0.6 is 0 Å². The maximum absolute atomic E-state index is 5.53. The normalized spacial score (nSPS) is 23.0. The van der Waals surface area contributed by atoms with Crippen LogP contribution in [-0.2, 0) is 4.74 Å². The van der Waals surface area contributed by atoms with Gasteiger partial charge in [-0.25, -0.2) is 9.97 Å². The number of hydrogen-bond acceptors (Lipinski definition) is 5. The minimum Gasteiger partial charge on any atom is -0.381 e. The van der Waals surface area contributed by atoms with Gasteiger partial charge in [0.05, 0.1) is 0 Å². The number of rotatable bonds is 3. The van der Waals surface area contributed by atoms with Crippen LogP contribution < -0.4 is 0 Å². The van der Waals surface area contributed by atoms with E-state index >= 15 is 0 Å². The maximum Gasteiger partial charge on any atom is 0.155 e. The summed E-state index contributed by atoms with van der Waals surface area (Å²) in [5, 5.41) is 4.64. The Morgan fingerprint density at radius 3 is 2.72 bits per heavy atom. The molecular formula is C19H27N5O. The molecule has 0 spiro atoms.